The SMILES string of the molecule is NCCOC1CCN(C(=O)C(=O)Nc2ccc3c(c2)NC(=O)CC3)C1. The quantitative estimate of drug-likeness (QED) is 0.669. The molecule has 1 saturated heterocycles. The molecule has 3 amide bonds. The highest BCUT2D eigenvalue weighted by atomic mass is 16.5. The molecule has 2 aliphatic heterocycles. The summed E-state index contributed by atoms with van der Waals surface area (Å²) in [7, 11) is 0. The molecule has 0 bridgehead atoms. The second-order valence-corrected chi connectivity index (χ2v) is 6.20. The first-order valence-corrected chi connectivity index (χ1v) is 8.41. The summed E-state index contributed by atoms with van der Waals surface area (Å²) in [4.78, 5) is 37.4. The maximum atomic E-state index is 12.3. The molecule has 4 N–H and O–H groups in total. The number of nitrogens with one attached hydrogen (secondary N) is 2. The molecular formula is C17H22N4O4. The van der Waals surface area contributed by atoms with Crippen LogP contribution in [0.15, 0.2) is 18.2 Å². The van der Waals surface area contributed by atoms with Crippen LogP contribution >= 0.6 is 0 Å². The van der Waals surface area contributed by atoms with Gasteiger partial charge in [-0.1, -0.05) is 6.07 Å². The summed E-state index contributed by atoms with van der Waals surface area (Å²) in [5.41, 5.74) is 7.57. The Bertz CT molecular complexity index is 691. The Balaban J connectivity index is 1.58. The topological polar surface area (TPSA) is 114 Å². The van der Waals surface area contributed by atoms with E-state index in [-0.39, 0.29) is 12.0 Å². The van der Waals surface area contributed by atoms with Gasteiger partial charge in [-0.25, -0.2) is 0 Å². The van der Waals surface area contributed by atoms with Gasteiger partial charge < -0.3 is 26.0 Å². The average molecular weight is 346 g/mol. The minimum absolute atomic E-state index is 0.0485. The molecule has 1 fully saturated rings. The fraction of sp³-hybridized carbons (Fsp3) is 0.471. The lowest BCUT2D eigenvalue weighted by atomic mass is 10.0. The third-order valence-electron chi connectivity index (χ3n) is 4.36. The van der Waals surface area contributed by atoms with Crippen LogP contribution in [0.2, 0.25) is 0 Å². The highest BCUT2D eigenvalue weighted by molar-refractivity contribution is 6.39. The van der Waals surface area contributed by atoms with Gasteiger partial charge in [0, 0.05) is 37.4 Å². The van der Waals surface area contributed by atoms with Crippen LogP contribution in [0.1, 0.15) is 18.4 Å². The molecule has 0 aliphatic carbocycles. The fourth-order valence-electron chi connectivity index (χ4n) is 3.06. The van der Waals surface area contributed by atoms with Gasteiger partial charge in [0.1, 0.15) is 0 Å². The lowest BCUT2D eigenvalue weighted by Gasteiger charge is -2.19. The van der Waals surface area contributed by atoms with Crippen molar-refractivity contribution in [2.45, 2.75) is 25.4 Å². The van der Waals surface area contributed by atoms with E-state index in [4.69, 9.17) is 10.5 Å². The summed E-state index contributed by atoms with van der Waals surface area (Å²) >= 11 is 0. The monoisotopic (exact) mass is 346 g/mol. The van der Waals surface area contributed by atoms with Crippen LogP contribution < -0.4 is 16.4 Å². The predicted octanol–water partition coefficient (Wildman–Crippen LogP) is 0.0860. The number of hydrogen-bond acceptors (Lipinski definition) is 5. The van der Waals surface area contributed by atoms with E-state index in [1.54, 1.807) is 12.1 Å². The van der Waals surface area contributed by atoms with E-state index in [9.17, 15) is 14.4 Å². The zero-order valence-electron chi connectivity index (χ0n) is 13.9. The normalized spacial score (nSPS) is 19.3. The lowest BCUT2D eigenvalue weighted by Crippen LogP contribution is -2.39. The van der Waals surface area contributed by atoms with Crippen molar-refractivity contribution in [1.29, 1.82) is 0 Å². The number of amides is 3. The second kappa shape index (κ2) is 7.62. The number of fused-ring (bicyclic) bond motifs is 1. The molecule has 8 nitrogen and oxygen atoms in total. The summed E-state index contributed by atoms with van der Waals surface area (Å²) in [5, 5.41) is 5.37. The van der Waals surface area contributed by atoms with Gasteiger partial charge in [-0.15, -0.1) is 0 Å². The summed E-state index contributed by atoms with van der Waals surface area (Å²) in [6, 6.07) is 5.26. The first-order valence-electron chi connectivity index (χ1n) is 8.41. The van der Waals surface area contributed by atoms with Gasteiger partial charge in [0.2, 0.25) is 5.91 Å². The van der Waals surface area contributed by atoms with Crippen molar-refractivity contribution in [2.75, 3.05) is 36.9 Å². The fourth-order valence-corrected chi connectivity index (χ4v) is 3.06. The molecule has 3 rings (SSSR count). The molecular weight excluding hydrogens is 324 g/mol. The maximum Gasteiger partial charge on any atom is 0.313 e. The lowest BCUT2D eigenvalue weighted by molar-refractivity contribution is -0.142. The van der Waals surface area contributed by atoms with Gasteiger partial charge in [0.15, 0.2) is 0 Å². The molecule has 134 valence electrons. The van der Waals surface area contributed by atoms with E-state index in [2.05, 4.69) is 10.6 Å². The number of anilines is 2. The number of nitrogens with zero attached hydrogens (tertiary/aromatic N) is 1. The van der Waals surface area contributed by atoms with E-state index < -0.39 is 11.8 Å². The van der Waals surface area contributed by atoms with Gasteiger partial charge >= 0.3 is 11.8 Å². The number of benzene rings is 1. The number of likely N-dealkylation sites (tertiary alicyclic amines) is 1. The number of rotatable bonds is 4. The Labute approximate surface area is 145 Å². The zero-order chi connectivity index (χ0) is 17.8. The largest absolute Gasteiger partial charge is 0.375 e. The highest BCUT2D eigenvalue weighted by Crippen LogP contribution is 2.26. The van der Waals surface area contributed by atoms with Crippen LogP contribution in [0.4, 0.5) is 11.4 Å². The molecule has 8 heteroatoms. The third-order valence-corrected chi connectivity index (χ3v) is 4.36. The first-order chi connectivity index (χ1) is 12.1. The van der Waals surface area contributed by atoms with E-state index in [1.165, 1.54) is 4.90 Å². The second-order valence-electron chi connectivity index (χ2n) is 6.20. The Hall–Kier alpha value is -2.45. The van der Waals surface area contributed by atoms with E-state index in [1.807, 2.05) is 6.07 Å². The Kier molecular flexibility index (Phi) is 5.30. The maximum absolute atomic E-state index is 12.3. The number of ether oxygens (including phenoxy) is 1. The smallest absolute Gasteiger partial charge is 0.313 e. The summed E-state index contributed by atoms with van der Waals surface area (Å²) in [6.07, 6.45) is 1.76. The predicted molar refractivity (Wildman–Crippen MR) is 92.0 cm³/mol. The molecule has 0 radical (unpaired) electrons. The van der Waals surface area contributed by atoms with Gasteiger partial charge in [-0.2, -0.15) is 0 Å². The van der Waals surface area contributed by atoms with Crippen LogP contribution in [-0.2, 0) is 25.5 Å². The van der Waals surface area contributed by atoms with Crippen molar-refractivity contribution in [2.24, 2.45) is 5.73 Å². The van der Waals surface area contributed by atoms with E-state index in [0.29, 0.717) is 56.9 Å². The van der Waals surface area contributed by atoms with Crippen LogP contribution in [-0.4, -0.2) is 55.0 Å². The van der Waals surface area contributed by atoms with Crippen molar-refractivity contribution in [1.82, 2.24) is 4.90 Å². The standard InChI is InChI=1S/C17H22N4O4/c18-6-8-25-13-5-7-21(10-13)17(24)16(23)19-12-3-1-11-2-4-15(22)20-14(11)9-12/h1,3,9,13H,2,4-8,10,18H2,(H,19,23)(H,20,22). The molecule has 1 unspecified atom stereocenters. The molecule has 1 aromatic rings. The first kappa shape index (κ1) is 17.4. The zero-order valence-corrected chi connectivity index (χ0v) is 13.9. The van der Waals surface area contributed by atoms with Gasteiger partial charge in [0.25, 0.3) is 0 Å². The Morgan fingerprint density at radius 3 is 3.00 bits per heavy atom. The molecule has 1 aromatic carbocycles. The summed E-state index contributed by atoms with van der Waals surface area (Å²) < 4.78 is 5.51. The molecule has 0 saturated carbocycles. The molecule has 1 atom stereocenters. The van der Waals surface area contributed by atoms with Crippen LogP contribution in [0.25, 0.3) is 0 Å². The van der Waals surface area contributed by atoms with Crippen molar-refractivity contribution in [3.05, 3.63) is 23.8 Å². The van der Waals surface area contributed by atoms with Crippen molar-refractivity contribution >= 4 is 29.1 Å². The molecule has 0 aromatic heterocycles. The Morgan fingerprint density at radius 2 is 2.20 bits per heavy atom. The average Bonchev–Trinajstić information content (AvgIpc) is 3.07. The van der Waals surface area contributed by atoms with Crippen LogP contribution in [0, 0.1) is 0 Å². The third kappa shape index (κ3) is 4.15. The van der Waals surface area contributed by atoms with Crippen molar-refractivity contribution in [3.8, 4) is 0 Å². The highest BCUT2D eigenvalue weighted by Gasteiger charge is 2.30. The van der Waals surface area contributed by atoms with Crippen LogP contribution in [0.5, 0.6) is 0 Å². The number of carbonyl (C=O) groups is 3. The Morgan fingerprint density at radius 1 is 1.36 bits per heavy atom. The molecule has 2 aliphatic rings. The minimum Gasteiger partial charge on any atom is -0.375 e. The number of aryl methyl sites for hydroxylation is 1. The molecule has 2 heterocycles. The summed E-state index contributed by atoms with van der Waals surface area (Å²) in [5.74, 6) is -1.32. The van der Waals surface area contributed by atoms with Gasteiger partial charge in [0.05, 0.1) is 12.7 Å². The summed E-state index contributed by atoms with van der Waals surface area (Å²) in [6.45, 7) is 1.76. The van der Waals surface area contributed by atoms with E-state index >= 15 is 0 Å². The van der Waals surface area contributed by atoms with Gasteiger partial charge in [-0.3, -0.25) is 14.4 Å². The molecule has 25 heavy (non-hydrogen) atoms. The van der Waals surface area contributed by atoms with Crippen LogP contribution in [0.3, 0.4) is 0 Å². The number of hydrogen-bond donors (Lipinski definition) is 3. The van der Waals surface area contributed by atoms with Crippen molar-refractivity contribution in [3.63, 3.8) is 0 Å². The van der Waals surface area contributed by atoms with Gasteiger partial charge in [-0.05, 0) is 30.5 Å². The number of carbonyl (C=O) groups excluding carboxylic acids is 3. The molecule has 0 spiro atoms. The van der Waals surface area contributed by atoms with E-state index in [0.717, 1.165) is 5.56 Å². The van der Waals surface area contributed by atoms with Crippen molar-refractivity contribution < 1.29 is 19.1 Å². The minimum atomic E-state index is -0.693. The number of nitrogens with two attached hydrogens (primary N) is 1.